The van der Waals surface area contributed by atoms with E-state index in [9.17, 15) is 0 Å². The van der Waals surface area contributed by atoms with Gasteiger partial charge in [-0.15, -0.1) is 0 Å². The van der Waals surface area contributed by atoms with Crippen LogP contribution < -0.4 is 14.8 Å². The fourth-order valence-corrected chi connectivity index (χ4v) is 3.22. The van der Waals surface area contributed by atoms with Crippen LogP contribution in [0.2, 0.25) is 0 Å². The third-order valence-electron chi connectivity index (χ3n) is 4.58. The van der Waals surface area contributed by atoms with Crippen molar-refractivity contribution in [2.75, 3.05) is 26.3 Å². The fourth-order valence-electron chi connectivity index (χ4n) is 3.22. The third-order valence-corrected chi connectivity index (χ3v) is 4.58. The highest BCUT2D eigenvalue weighted by Crippen LogP contribution is 2.44. The van der Waals surface area contributed by atoms with E-state index in [4.69, 9.17) is 9.47 Å². The molecule has 1 fully saturated rings. The van der Waals surface area contributed by atoms with Crippen molar-refractivity contribution in [1.82, 2.24) is 5.32 Å². The van der Waals surface area contributed by atoms with Crippen molar-refractivity contribution in [3.05, 3.63) is 23.8 Å². The van der Waals surface area contributed by atoms with Gasteiger partial charge in [0.1, 0.15) is 0 Å². The Bertz CT molecular complexity index is 472. The predicted molar refractivity (Wildman–Crippen MR) is 85.2 cm³/mol. The van der Waals surface area contributed by atoms with Crippen molar-refractivity contribution in [1.29, 1.82) is 0 Å². The van der Waals surface area contributed by atoms with Gasteiger partial charge in [-0.05, 0) is 61.4 Å². The first-order chi connectivity index (χ1) is 10.2. The molecular formula is C18H27NO2. The highest BCUT2D eigenvalue weighted by Gasteiger charge is 2.32. The molecule has 3 nitrogen and oxygen atoms in total. The van der Waals surface area contributed by atoms with Crippen molar-refractivity contribution in [2.24, 2.45) is 11.8 Å². The second-order valence-corrected chi connectivity index (χ2v) is 6.75. The summed E-state index contributed by atoms with van der Waals surface area (Å²) in [5.41, 5.74) is 1.42. The van der Waals surface area contributed by atoms with Crippen LogP contribution in [0.5, 0.6) is 11.5 Å². The molecule has 1 saturated carbocycles. The Hall–Kier alpha value is -1.22. The van der Waals surface area contributed by atoms with E-state index in [1.807, 2.05) is 0 Å². The van der Waals surface area contributed by atoms with Crippen molar-refractivity contribution in [2.45, 2.75) is 39.0 Å². The summed E-state index contributed by atoms with van der Waals surface area (Å²) in [5.74, 6) is 4.02. The zero-order valence-electron chi connectivity index (χ0n) is 13.2. The molecule has 0 amide bonds. The molecule has 2 unspecified atom stereocenters. The smallest absolute Gasteiger partial charge is 0.161 e. The Morgan fingerprint density at radius 3 is 2.67 bits per heavy atom. The molecular weight excluding hydrogens is 262 g/mol. The first kappa shape index (κ1) is 14.7. The second-order valence-electron chi connectivity index (χ2n) is 6.75. The first-order valence-corrected chi connectivity index (χ1v) is 8.34. The molecule has 0 saturated heterocycles. The van der Waals surface area contributed by atoms with Gasteiger partial charge < -0.3 is 14.8 Å². The van der Waals surface area contributed by atoms with E-state index in [2.05, 4.69) is 37.4 Å². The molecule has 1 aromatic rings. The summed E-state index contributed by atoms with van der Waals surface area (Å²) in [6.45, 7) is 8.30. The SMILES string of the molecule is CC(C)CNCC1CCC1c1ccc2c(c1)OCCCO2. The highest BCUT2D eigenvalue weighted by atomic mass is 16.5. The molecule has 0 aromatic heterocycles. The number of rotatable bonds is 5. The lowest BCUT2D eigenvalue weighted by Crippen LogP contribution is -2.35. The molecule has 116 valence electrons. The van der Waals surface area contributed by atoms with Gasteiger partial charge in [0.25, 0.3) is 0 Å². The molecule has 1 heterocycles. The van der Waals surface area contributed by atoms with Crippen LogP contribution in [-0.4, -0.2) is 26.3 Å². The van der Waals surface area contributed by atoms with Gasteiger partial charge in [0.05, 0.1) is 13.2 Å². The van der Waals surface area contributed by atoms with Crippen LogP contribution in [0.25, 0.3) is 0 Å². The van der Waals surface area contributed by atoms with E-state index in [-0.39, 0.29) is 0 Å². The van der Waals surface area contributed by atoms with E-state index < -0.39 is 0 Å². The van der Waals surface area contributed by atoms with Gasteiger partial charge >= 0.3 is 0 Å². The summed E-state index contributed by atoms with van der Waals surface area (Å²) in [7, 11) is 0. The van der Waals surface area contributed by atoms with E-state index in [0.29, 0.717) is 5.92 Å². The lowest BCUT2D eigenvalue weighted by atomic mass is 9.70. The maximum Gasteiger partial charge on any atom is 0.161 e. The van der Waals surface area contributed by atoms with Crippen LogP contribution in [-0.2, 0) is 0 Å². The Balaban J connectivity index is 1.62. The van der Waals surface area contributed by atoms with E-state index >= 15 is 0 Å². The van der Waals surface area contributed by atoms with Crippen molar-refractivity contribution >= 4 is 0 Å². The third kappa shape index (κ3) is 3.52. The lowest BCUT2D eigenvalue weighted by molar-refractivity contribution is 0.242. The molecule has 1 aromatic carbocycles. The minimum atomic E-state index is 0.682. The minimum Gasteiger partial charge on any atom is -0.490 e. The van der Waals surface area contributed by atoms with Gasteiger partial charge in [0.15, 0.2) is 11.5 Å². The van der Waals surface area contributed by atoms with Crippen molar-refractivity contribution < 1.29 is 9.47 Å². The zero-order chi connectivity index (χ0) is 14.7. The normalized spacial score (nSPS) is 24.5. The van der Waals surface area contributed by atoms with Gasteiger partial charge in [0, 0.05) is 6.42 Å². The lowest BCUT2D eigenvalue weighted by Gasteiger charge is -2.37. The Kier molecular flexibility index (Phi) is 4.69. The largest absolute Gasteiger partial charge is 0.490 e. The molecule has 1 aliphatic carbocycles. The monoisotopic (exact) mass is 289 g/mol. The number of nitrogens with one attached hydrogen (secondary N) is 1. The summed E-state index contributed by atoms with van der Waals surface area (Å²) in [6, 6.07) is 6.53. The number of fused-ring (bicyclic) bond motifs is 1. The molecule has 3 rings (SSSR count). The molecule has 2 atom stereocenters. The van der Waals surface area contributed by atoms with Gasteiger partial charge in [-0.2, -0.15) is 0 Å². The number of hydrogen-bond acceptors (Lipinski definition) is 3. The number of benzene rings is 1. The van der Waals surface area contributed by atoms with Gasteiger partial charge in [-0.1, -0.05) is 19.9 Å². The predicted octanol–water partition coefficient (Wildman–Crippen LogP) is 3.59. The zero-order valence-corrected chi connectivity index (χ0v) is 13.2. The molecule has 21 heavy (non-hydrogen) atoms. The highest BCUT2D eigenvalue weighted by molar-refractivity contribution is 5.45. The first-order valence-electron chi connectivity index (χ1n) is 8.34. The van der Waals surface area contributed by atoms with Crippen LogP contribution >= 0.6 is 0 Å². The Labute approximate surface area is 128 Å². The average molecular weight is 289 g/mol. The summed E-state index contributed by atoms with van der Waals surface area (Å²) in [5, 5.41) is 3.60. The van der Waals surface area contributed by atoms with E-state index in [1.54, 1.807) is 0 Å². The quantitative estimate of drug-likeness (QED) is 0.898. The van der Waals surface area contributed by atoms with Crippen molar-refractivity contribution in [3.8, 4) is 11.5 Å². The van der Waals surface area contributed by atoms with Gasteiger partial charge in [-0.25, -0.2) is 0 Å². The fraction of sp³-hybridized carbons (Fsp3) is 0.667. The maximum absolute atomic E-state index is 5.82. The second kappa shape index (κ2) is 6.69. The summed E-state index contributed by atoms with van der Waals surface area (Å²) in [6.07, 6.45) is 3.60. The maximum atomic E-state index is 5.82. The number of hydrogen-bond donors (Lipinski definition) is 1. The van der Waals surface area contributed by atoms with Crippen LogP contribution in [0, 0.1) is 11.8 Å². The summed E-state index contributed by atoms with van der Waals surface area (Å²) in [4.78, 5) is 0. The Morgan fingerprint density at radius 2 is 1.95 bits per heavy atom. The van der Waals surface area contributed by atoms with Crippen LogP contribution in [0.15, 0.2) is 18.2 Å². The summed E-state index contributed by atoms with van der Waals surface area (Å²) < 4.78 is 11.5. The molecule has 1 aliphatic heterocycles. The van der Waals surface area contributed by atoms with Gasteiger partial charge in [-0.3, -0.25) is 0 Å². The van der Waals surface area contributed by atoms with Gasteiger partial charge in [0.2, 0.25) is 0 Å². The van der Waals surface area contributed by atoms with Crippen LogP contribution in [0.4, 0.5) is 0 Å². The average Bonchev–Trinajstić information content (AvgIpc) is 2.67. The van der Waals surface area contributed by atoms with E-state index in [0.717, 1.165) is 56.1 Å². The Morgan fingerprint density at radius 1 is 1.14 bits per heavy atom. The topological polar surface area (TPSA) is 30.5 Å². The molecule has 2 aliphatic rings. The van der Waals surface area contributed by atoms with Crippen molar-refractivity contribution in [3.63, 3.8) is 0 Å². The van der Waals surface area contributed by atoms with Crippen LogP contribution in [0.3, 0.4) is 0 Å². The minimum absolute atomic E-state index is 0.682. The van der Waals surface area contributed by atoms with Crippen LogP contribution in [0.1, 0.15) is 44.6 Å². The molecule has 0 radical (unpaired) electrons. The standard InChI is InChI=1S/C18H27NO2/c1-13(2)11-19-12-15-4-6-16(15)14-5-7-17-18(10-14)21-9-3-8-20-17/h5,7,10,13,15-16,19H,3-4,6,8-9,11-12H2,1-2H3. The molecule has 0 bridgehead atoms. The number of ether oxygens (including phenoxy) is 2. The molecule has 3 heteroatoms. The summed E-state index contributed by atoms with van der Waals surface area (Å²) >= 11 is 0. The molecule has 1 N–H and O–H groups in total. The molecule has 0 spiro atoms. The van der Waals surface area contributed by atoms with E-state index in [1.165, 1.54) is 18.4 Å².